The second-order valence-corrected chi connectivity index (χ2v) is 6.42. The van der Waals surface area contributed by atoms with Crippen molar-refractivity contribution in [2.45, 2.75) is 32.9 Å². The third kappa shape index (κ3) is 5.00. The van der Waals surface area contributed by atoms with Crippen LogP contribution in [0.5, 0.6) is 0 Å². The van der Waals surface area contributed by atoms with Crippen LogP contribution in [0.3, 0.4) is 0 Å². The second-order valence-electron chi connectivity index (χ2n) is 5.98. The highest BCUT2D eigenvalue weighted by Gasteiger charge is 2.12. The smallest absolute Gasteiger partial charge is 0.254 e. The molecule has 5 nitrogen and oxygen atoms in total. The fourth-order valence-electron chi connectivity index (χ4n) is 1.73. The summed E-state index contributed by atoms with van der Waals surface area (Å²) in [6.07, 6.45) is 3.02. The molecule has 0 aliphatic carbocycles. The first kappa shape index (κ1) is 16.2. The number of hydrogen-bond acceptors (Lipinski definition) is 4. The number of anilines is 1. The van der Waals surface area contributed by atoms with Crippen molar-refractivity contribution in [3.8, 4) is 0 Å². The number of rotatable bonds is 4. The Hall–Kier alpha value is -2.14. The first-order valence-electron chi connectivity index (χ1n) is 6.96. The number of carbonyl (C=O) groups is 1. The lowest BCUT2D eigenvalue weighted by Gasteiger charge is -2.20. The molecule has 0 spiro atoms. The van der Waals surface area contributed by atoms with E-state index in [2.05, 4.69) is 20.6 Å². The van der Waals surface area contributed by atoms with Crippen LogP contribution in [0.4, 0.5) is 5.95 Å². The van der Waals surface area contributed by atoms with Crippen molar-refractivity contribution in [3.05, 3.63) is 52.8 Å². The number of carbonyl (C=O) groups excluding carboxylic acids is 1. The second kappa shape index (κ2) is 6.75. The minimum absolute atomic E-state index is 0.127. The zero-order valence-corrected chi connectivity index (χ0v) is 13.6. The van der Waals surface area contributed by atoms with E-state index in [4.69, 9.17) is 11.6 Å². The molecule has 0 aliphatic heterocycles. The highest BCUT2D eigenvalue weighted by molar-refractivity contribution is 6.30. The Labute approximate surface area is 135 Å². The number of nitrogens with one attached hydrogen (secondary N) is 2. The Morgan fingerprint density at radius 1 is 1.14 bits per heavy atom. The van der Waals surface area contributed by atoms with Gasteiger partial charge in [0, 0.05) is 29.5 Å². The minimum Gasteiger partial charge on any atom is -0.350 e. The molecule has 0 atom stereocenters. The van der Waals surface area contributed by atoms with Crippen LogP contribution in [-0.2, 0) is 6.54 Å². The van der Waals surface area contributed by atoms with Crippen LogP contribution < -0.4 is 10.6 Å². The van der Waals surface area contributed by atoms with Gasteiger partial charge in [0.1, 0.15) is 0 Å². The van der Waals surface area contributed by atoms with Crippen LogP contribution in [0, 0.1) is 0 Å². The molecule has 2 aromatic rings. The lowest BCUT2D eigenvalue weighted by molar-refractivity contribution is 0.0950. The molecule has 0 saturated carbocycles. The molecule has 1 amide bonds. The molecule has 1 aromatic carbocycles. The molecule has 0 fully saturated rings. The summed E-state index contributed by atoms with van der Waals surface area (Å²) in [5.74, 6) is 0.291. The Morgan fingerprint density at radius 2 is 1.73 bits per heavy atom. The van der Waals surface area contributed by atoms with E-state index in [0.29, 0.717) is 23.1 Å². The van der Waals surface area contributed by atoms with Gasteiger partial charge in [0.15, 0.2) is 0 Å². The van der Waals surface area contributed by atoms with Gasteiger partial charge >= 0.3 is 0 Å². The zero-order chi connectivity index (χ0) is 16.2. The van der Waals surface area contributed by atoms with E-state index in [1.165, 1.54) is 12.4 Å². The Morgan fingerprint density at radius 3 is 2.27 bits per heavy atom. The Balaban J connectivity index is 1.93. The van der Waals surface area contributed by atoms with E-state index >= 15 is 0 Å². The summed E-state index contributed by atoms with van der Waals surface area (Å²) in [6.45, 7) is 6.48. The summed E-state index contributed by atoms with van der Waals surface area (Å²) in [5, 5.41) is 6.64. The largest absolute Gasteiger partial charge is 0.350 e. The van der Waals surface area contributed by atoms with Gasteiger partial charge in [-0.1, -0.05) is 23.7 Å². The van der Waals surface area contributed by atoms with Crippen LogP contribution >= 0.6 is 11.6 Å². The molecule has 0 radical (unpaired) electrons. The fraction of sp³-hybridized carbons (Fsp3) is 0.312. The number of amides is 1. The maximum Gasteiger partial charge on any atom is 0.254 e. The van der Waals surface area contributed by atoms with Crippen molar-refractivity contribution in [2.75, 3.05) is 5.32 Å². The predicted molar refractivity (Wildman–Crippen MR) is 88.0 cm³/mol. The molecule has 22 heavy (non-hydrogen) atoms. The number of hydrogen-bond donors (Lipinski definition) is 2. The van der Waals surface area contributed by atoms with E-state index < -0.39 is 0 Å². The van der Waals surface area contributed by atoms with Crippen molar-refractivity contribution in [3.63, 3.8) is 0 Å². The normalized spacial score (nSPS) is 11.1. The van der Waals surface area contributed by atoms with Crippen LogP contribution in [0.2, 0.25) is 5.02 Å². The summed E-state index contributed by atoms with van der Waals surface area (Å²) in [5.41, 5.74) is 1.27. The SMILES string of the molecule is CC(C)(C)Nc1ncc(C(=O)NCc2ccc(Cl)cc2)cn1. The van der Waals surface area contributed by atoms with E-state index in [-0.39, 0.29) is 11.4 Å². The average Bonchev–Trinajstić information content (AvgIpc) is 2.45. The maximum absolute atomic E-state index is 12.0. The van der Waals surface area contributed by atoms with E-state index in [0.717, 1.165) is 5.56 Å². The van der Waals surface area contributed by atoms with Crippen LogP contribution in [0.1, 0.15) is 36.7 Å². The van der Waals surface area contributed by atoms with Crippen molar-refractivity contribution in [1.82, 2.24) is 15.3 Å². The van der Waals surface area contributed by atoms with Gasteiger partial charge in [0.05, 0.1) is 5.56 Å². The van der Waals surface area contributed by atoms with Crippen LogP contribution in [0.15, 0.2) is 36.7 Å². The molecule has 0 aliphatic rings. The topological polar surface area (TPSA) is 66.9 Å². The standard InChI is InChI=1S/C16H19ClN4O/c1-16(2,3)21-15-19-9-12(10-20-15)14(22)18-8-11-4-6-13(17)7-5-11/h4-7,9-10H,8H2,1-3H3,(H,18,22)(H,19,20,21). The number of benzene rings is 1. The molecular weight excluding hydrogens is 300 g/mol. The maximum atomic E-state index is 12.0. The molecule has 0 bridgehead atoms. The Bertz CT molecular complexity index is 633. The number of halogens is 1. The molecule has 0 unspecified atom stereocenters. The van der Waals surface area contributed by atoms with E-state index in [1.807, 2.05) is 32.9 Å². The lowest BCUT2D eigenvalue weighted by atomic mass is 10.1. The Kier molecular flexibility index (Phi) is 4.98. The number of nitrogens with zero attached hydrogens (tertiary/aromatic N) is 2. The molecule has 2 N–H and O–H groups in total. The van der Waals surface area contributed by atoms with Gasteiger partial charge < -0.3 is 10.6 Å². The van der Waals surface area contributed by atoms with Crippen molar-refractivity contribution < 1.29 is 4.79 Å². The van der Waals surface area contributed by atoms with Gasteiger partial charge in [-0.25, -0.2) is 9.97 Å². The van der Waals surface area contributed by atoms with Gasteiger partial charge in [-0.05, 0) is 38.5 Å². The summed E-state index contributed by atoms with van der Waals surface area (Å²) < 4.78 is 0. The van der Waals surface area contributed by atoms with Gasteiger partial charge in [-0.2, -0.15) is 0 Å². The third-order valence-corrected chi connectivity index (χ3v) is 3.02. The van der Waals surface area contributed by atoms with Crippen molar-refractivity contribution in [2.24, 2.45) is 0 Å². The summed E-state index contributed by atoms with van der Waals surface area (Å²) in [4.78, 5) is 20.3. The minimum atomic E-state index is -0.211. The average molecular weight is 319 g/mol. The monoisotopic (exact) mass is 318 g/mol. The molecule has 6 heteroatoms. The van der Waals surface area contributed by atoms with Gasteiger partial charge in [-0.15, -0.1) is 0 Å². The molecule has 2 rings (SSSR count). The summed E-state index contributed by atoms with van der Waals surface area (Å²) in [7, 11) is 0. The molecule has 1 aromatic heterocycles. The highest BCUT2D eigenvalue weighted by Crippen LogP contribution is 2.10. The first-order chi connectivity index (χ1) is 10.3. The summed E-state index contributed by atoms with van der Waals surface area (Å²) in [6, 6.07) is 7.32. The van der Waals surface area contributed by atoms with Crippen LogP contribution in [-0.4, -0.2) is 21.4 Å². The van der Waals surface area contributed by atoms with Crippen molar-refractivity contribution >= 4 is 23.5 Å². The number of aromatic nitrogens is 2. The van der Waals surface area contributed by atoms with Gasteiger partial charge in [-0.3, -0.25) is 4.79 Å². The van der Waals surface area contributed by atoms with Crippen molar-refractivity contribution in [1.29, 1.82) is 0 Å². The van der Waals surface area contributed by atoms with Gasteiger partial charge in [0.25, 0.3) is 5.91 Å². The molecular formula is C16H19ClN4O. The van der Waals surface area contributed by atoms with Crippen LogP contribution in [0.25, 0.3) is 0 Å². The molecule has 1 heterocycles. The highest BCUT2D eigenvalue weighted by atomic mass is 35.5. The lowest BCUT2D eigenvalue weighted by Crippen LogP contribution is -2.28. The third-order valence-electron chi connectivity index (χ3n) is 2.77. The first-order valence-corrected chi connectivity index (χ1v) is 7.34. The quantitative estimate of drug-likeness (QED) is 0.908. The van der Waals surface area contributed by atoms with E-state index in [1.54, 1.807) is 12.1 Å². The predicted octanol–water partition coefficient (Wildman–Crippen LogP) is 3.27. The molecule has 0 saturated heterocycles. The van der Waals surface area contributed by atoms with E-state index in [9.17, 15) is 4.79 Å². The zero-order valence-electron chi connectivity index (χ0n) is 12.9. The summed E-state index contributed by atoms with van der Waals surface area (Å²) >= 11 is 5.82. The molecule has 116 valence electrons. The fourth-order valence-corrected chi connectivity index (χ4v) is 1.86. The van der Waals surface area contributed by atoms with Gasteiger partial charge in [0.2, 0.25) is 5.95 Å².